The van der Waals surface area contributed by atoms with Crippen molar-refractivity contribution in [3.05, 3.63) is 59.9 Å². The highest BCUT2D eigenvalue weighted by Crippen LogP contribution is 2.35. The van der Waals surface area contributed by atoms with Crippen LogP contribution in [0, 0.1) is 0 Å². The number of ether oxygens (including phenoxy) is 1. The van der Waals surface area contributed by atoms with Crippen molar-refractivity contribution in [2.45, 2.75) is 11.8 Å². The highest BCUT2D eigenvalue weighted by Gasteiger charge is 2.46. The Balaban J connectivity index is 1.67. The van der Waals surface area contributed by atoms with Gasteiger partial charge in [-0.1, -0.05) is 30.3 Å². The molecule has 0 unspecified atom stereocenters. The van der Waals surface area contributed by atoms with Gasteiger partial charge in [-0.15, -0.1) is 0 Å². The Hall–Kier alpha value is -2.40. The predicted octanol–water partition coefficient (Wildman–Crippen LogP) is 1.76. The summed E-state index contributed by atoms with van der Waals surface area (Å²) in [7, 11) is 1.69. The van der Waals surface area contributed by atoms with Crippen molar-refractivity contribution in [1.29, 1.82) is 0 Å². The third-order valence-corrected chi connectivity index (χ3v) is 4.28. The van der Waals surface area contributed by atoms with Crippen molar-refractivity contribution in [2.24, 2.45) is 0 Å². The molecule has 2 heterocycles. The Kier molecular flexibility index (Phi) is 4.30. The topological polar surface area (TPSA) is 62.7 Å². The molecule has 23 heavy (non-hydrogen) atoms. The summed E-state index contributed by atoms with van der Waals surface area (Å²) in [6.45, 7) is 1.89. The lowest BCUT2D eigenvalue weighted by atomic mass is 9.74. The fourth-order valence-corrected chi connectivity index (χ4v) is 3.14. The van der Waals surface area contributed by atoms with Crippen LogP contribution in [-0.4, -0.2) is 47.7 Å². The molecule has 1 aliphatic heterocycles. The zero-order chi connectivity index (χ0) is 16.3. The maximum atomic E-state index is 12.4. The van der Waals surface area contributed by atoms with E-state index < -0.39 is 0 Å². The number of rotatable bonds is 5. The minimum atomic E-state index is -0.122. The highest BCUT2D eigenvalue weighted by atomic mass is 16.5. The maximum absolute atomic E-state index is 12.4. The summed E-state index contributed by atoms with van der Waals surface area (Å²) in [5, 5.41) is 9.43. The maximum Gasteiger partial charge on any atom is 0.227 e. The average Bonchev–Trinajstić information content (AvgIpc) is 2.51. The van der Waals surface area contributed by atoms with Crippen LogP contribution in [-0.2, 0) is 21.4 Å². The Morgan fingerprint density at radius 2 is 2.04 bits per heavy atom. The number of likely N-dealkylation sites (tertiary alicyclic amines) is 1. The van der Waals surface area contributed by atoms with Gasteiger partial charge in [0, 0.05) is 26.4 Å². The molecule has 0 bridgehead atoms. The number of hydrogen-bond acceptors (Lipinski definition) is 4. The van der Waals surface area contributed by atoms with E-state index in [2.05, 4.69) is 17.1 Å². The third kappa shape index (κ3) is 3.19. The van der Waals surface area contributed by atoms with E-state index in [0.29, 0.717) is 19.7 Å². The molecule has 1 fully saturated rings. The van der Waals surface area contributed by atoms with E-state index in [1.807, 2.05) is 23.1 Å². The lowest BCUT2D eigenvalue weighted by Gasteiger charge is -2.50. The molecule has 0 saturated carbocycles. The summed E-state index contributed by atoms with van der Waals surface area (Å²) in [4.78, 5) is 18.1. The van der Waals surface area contributed by atoms with Crippen molar-refractivity contribution in [1.82, 2.24) is 9.88 Å². The zero-order valence-electron chi connectivity index (χ0n) is 13.1. The second kappa shape index (κ2) is 6.38. The number of benzene rings is 1. The first-order chi connectivity index (χ1) is 11.1. The van der Waals surface area contributed by atoms with Crippen LogP contribution < -0.4 is 0 Å². The average molecular weight is 312 g/mol. The summed E-state index contributed by atoms with van der Waals surface area (Å²) in [6, 6.07) is 11.7. The smallest absolute Gasteiger partial charge is 0.227 e. The zero-order valence-corrected chi connectivity index (χ0v) is 13.1. The Bertz CT molecular complexity index is 682. The lowest BCUT2D eigenvalue weighted by Crippen LogP contribution is -2.63. The molecule has 3 rings (SSSR count). The van der Waals surface area contributed by atoms with Gasteiger partial charge in [0.25, 0.3) is 0 Å². The highest BCUT2D eigenvalue weighted by molar-refractivity contribution is 5.80. The third-order valence-electron chi connectivity index (χ3n) is 4.28. The van der Waals surface area contributed by atoms with Crippen LogP contribution in [0.4, 0.5) is 0 Å². The van der Waals surface area contributed by atoms with Gasteiger partial charge in [-0.25, -0.2) is 0 Å². The fraction of sp³-hybridized carbons (Fsp3) is 0.333. The molecule has 1 aliphatic rings. The molecule has 1 aromatic heterocycles. The molecule has 2 aromatic rings. The van der Waals surface area contributed by atoms with Crippen LogP contribution >= 0.6 is 0 Å². The van der Waals surface area contributed by atoms with Gasteiger partial charge in [0.1, 0.15) is 5.75 Å². The normalized spacial score (nSPS) is 16.0. The minimum absolute atomic E-state index is 0.0417. The Labute approximate surface area is 135 Å². The molecule has 1 saturated heterocycles. The molecule has 5 heteroatoms. The van der Waals surface area contributed by atoms with E-state index in [4.69, 9.17) is 4.74 Å². The van der Waals surface area contributed by atoms with E-state index in [9.17, 15) is 9.90 Å². The van der Waals surface area contributed by atoms with Gasteiger partial charge in [0.05, 0.1) is 24.6 Å². The first-order valence-electron chi connectivity index (χ1n) is 7.58. The van der Waals surface area contributed by atoms with Crippen molar-refractivity contribution < 1.29 is 14.6 Å². The summed E-state index contributed by atoms with van der Waals surface area (Å²) >= 11 is 0. The largest absolute Gasteiger partial charge is 0.506 e. The molecular formula is C18H20N2O3. The van der Waals surface area contributed by atoms with Crippen LogP contribution in [0.1, 0.15) is 11.1 Å². The molecular weight excluding hydrogens is 292 g/mol. The van der Waals surface area contributed by atoms with E-state index >= 15 is 0 Å². The predicted molar refractivity (Wildman–Crippen MR) is 86.2 cm³/mol. The van der Waals surface area contributed by atoms with Crippen LogP contribution in [0.3, 0.4) is 0 Å². The number of amides is 1. The van der Waals surface area contributed by atoms with Crippen molar-refractivity contribution in [2.75, 3.05) is 26.8 Å². The van der Waals surface area contributed by atoms with E-state index in [1.165, 1.54) is 11.8 Å². The monoisotopic (exact) mass is 312 g/mol. The number of aromatic nitrogens is 1. The molecule has 120 valence electrons. The molecule has 0 aliphatic carbocycles. The molecule has 0 spiro atoms. The molecule has 1 amide bonds. The van der Waals surface area contributed by atoms with E-state index in [1.54, 1.807) is 19.4 Å². The van der Waals surface area contributed by atoms with Crippen molar-refractivity contribution in [3.8, 4) is 5.75 Å². The number of aromatic hydroxyl groups is 1. The number of pyridine rings is 1. The summed E-state index contributed by atoms with van der Waals surface area (Å²) < 4.78 is 5.38. The van der Waals surface area contributed by atoms with E-state index in [-0.39, 0.29) is 23.5 Å². The Morgan fingerprint density at radius 3 is 2.70 bits per heavy atom. The summed E-state index contributed by atoms with van der Waals surface area (Å²) in [5.41, 5.74) is 1.80. The molecule has 0 atom stereocenters. The van der Waals surface area contributed by atoms with Crippen LogP contribution in [0.25, 0.3) is 0 Å². The van der Waals surface area contributed by atoms with Gasteiger partial charge in [-0.05, 0) is 17.2 Å². The van der Waals surface area contributed by atoms with Crippen LogP contribution in [0.5, 0.6) is 5.75 Å². The number of nitrogens with zero attached hydrogens (tertiary/aromatic N) is 2. The first kappa shape index (κ1) is 15.5. The fourth-order valence-electron chi connectivity index (χ4n) is 3.14. The van der Waals surface area contributed by atoms with Gasteiger partial charge >= 0.3 is 0 Å². The molecule has 1 aromatic carbocycles. The second-order valence-corrected chi connectivity index (χ2v) is 6.06. The summed E-state index contributed by atoms with van der Waals surface area (Å²) in [6.07, 6.45) is 3.22. The number of carbonyl (C=O) groups is 1. The minimum Gasteiger partial charge on any atom is -0.506 e. The quantitative estimate of drug-likeness (QED) is 0.914. The van der Waals surface area contributed by atoms with Gasteiger partial charge in [-0.2, -0.15) is 0 Å². The van der Waals surface area contributed by atoms with Gasteiger partial charge in [-0.3, -0.25) is 9.78 Å². The van der Waals surface area contributed by atoms with Crippen molar-refractivity contribution in [3.63, 3.8) is 0 Å². The second-order valence-electron chi connectivity index (χ2n) is 6.06. The number of hydrogen-bond donors (Lipinski definition) is 1. The SMILES string of the molecule is COCC1(c2ccccc2)CN(C(=O)Cc2cncc(O)c2)C1. The number of methoxy groups -OCH3 is 1. The van der Waals surface area contributed by atoms with Crippen molar-refractivity contribution >= 4 is 5.91 Å². The first-order valence-corrected chi connectivity index (χ1v) is 7.58. The lowest BCUT2D eigenvalue weighted by molar-refractivity contribution is -0.140. The van der Waals surface area contributed by atoms with E-state index in [0.717, 1.165) is 5.56 Å². The van der Waals surface area contributed by atoms with Crippen LogP contribution in [0.15, 0.2) is 48.8 Å². The van der Waals surface area contributed by atoms with Gasteiger partial charge in [0.15, 0.2) is 0 Å². The molecule has 5 nitrogen and oxygen atoms in total. The van der Waals surface area contributed by atoms with Crippen LogP contribution in [0.2, 0.25) is 0 Å². The van der Waals surface area contributed by atoms with Gasteiger partial charge < -0.3 is 14.7 Å². The standard InChI is InChI=1S/C18H20N2O3/c1-23-13-18(15-5-3-2-4-6-15)11-20(12-18)17(22)8-14-7-16(21)10-19-9-14/h2-7,9-10,21H,8,11-13H2,1H3. The van der Waals surface area contributed by atoms with Gasteiger partial charge in [0.2, 0.25) is 5.91 Å². The summed E-state index contributed by atoms with van der Waals surface area (Å²) in [5.74, 6) is 0.122. The number of carbonyl (C=O) groups excluding carboxylic acids is 1. The molecule has 0 radical (unpaired) electrons. The Morgan fingerprint density at radius 1 is 1.30 bits per heavy atom. The molecule has 1 N–H and O–H groups in total.